The number of pyridine rings is 1. The molecule has 0 aliphatic carbocycles. The summed E-state index contributed by atoms with van der Waals surface area (Å²) in [5, 5.41) is 2.09. The van der Waals surface area contributed by atoms with E-state index in [0.717, 1.165) is 10.5 Å². The first-order valence-corrected chi connectivity index (χ1v) is 10.3. The Morgan fingerprint density at radius 2 is 1.44 bits per heavy atom. The van der Waals surface area contributed by atoms with Crippen molar-refractivity contribution in [2.24, 2.45) is 0 Å². The summed E-state index contributed by atoms with van der Waals surface area (Å²) in [6.45, 7) is 0. The second-order valence-electron chi connectivity index (χ2n) is 5.25. The van der Waals surface area contributed by atoms with E-state index < -0.39 is 0 Å². The lowest BCUT2D eigenvalue weighted by Gasteiger charge is -2.12. The van der Waals surface area contributed by atoms with Gasteiger partial charge >= 0.3 is 0 Å². The van der Waals surface area contributed by atoms with E-state index in [0.29, 0.717) is 0 Å². The lowest BCUT2D eigenvalue weighted by atomic mass is 10.2. The third-order valence-corrected chi connectivity index (χ3v) is 6.70. The Labute approximate surface area is 160 Å². The van der Waals surface area contributed by atoms with Crippen molar-refractivity contribution in [3.05, 3.63) is 90.6 Å². The molecule has 0 atom stereocenters. The first-order valence-electron chi connectivity index (χ1n) is 7.80. The average molecular weight is 377 g/mol. The molecule has 121 valence electrons. The van der Waals surface area contributed by atoms with Crippen LogP contribution in [0.25, 0.3) is 10.4 Å². The van der Waals surface area contributed by atoms with Crippen LogP contribution < -0.4 is 0 Å². The Bertz CT molecular complexity index is 936. The van der Waals surface area contributed by atoms with E-state index in [9.17, 15) is 0 Å². The summed E-state index contributed by atoms with van der Waals surface area (Å²) in [5.41, 5.74) is 1.07. The standard InChI is InChI=1S/C21H14NS3/c1-3-8-16(9-4-1)24-20-15-22-14-18(19-12-7-13-23-19)21(20)25-17-10-5-2-6-11-17/h1-13,15H. The van der Waals surface area contributed by atoms with E-state index in [1.54, 1.807) is 34.9 Å². The third-order valence-electron chi connectivity index (χ3n) is 3.51. The molecule has 4 aromatic rings. The zero-order chi connectivity index (χ0) is 16.9. The minimum Gasteiger partial charge on any atom is -0.253 e. The van der Waals surface area contributed by atoms with Crippen molar-refractivity contribution in [1.29, 1.82) is 0 Å². The molecule has 0 saturated heterocycles. The van der Waals surface area contributed by atoms with Crippen molar-refractivity contribution in [2.75, 3.05) is 0 Å². The van der Waals surface area contributed by atoms with Gasteiger partial charge in [-0.2, -0.15) is 0 Å². The highest BCUT2D eigenvalue weighted by Gasteiger charge is 2.15. The lowest BCUT2D eigenvalue weighted by molar-refractivity contribution is 1.13. The van der Waals surface area contributed by atoms with Gasteiger partial charge in [0.1, 0.15) is 0 Å². The molecule has 1 nitrogen and oxygen atoms in total. The molecule has 4 rings (SSSR count). The molecule has 2 aromatic carbocycles. The molecule has 0 unspecified atom stereocenters. The van der Waals surface area contributed by atoms with E-state index in [1.807, 2.05) is 18.3 Å². The number of hydrogen-bond acceptors (Lipinski definition) is 4. The molecule has 0 aliphatic rings. The number of benzene rings is 2. The van der Waals surface area contributed by atoms with Crippen LogP contribution in [0.15, 0.2) is 104 Å². The van der Waals surface area contributed by atoms with Gasteiger partial charge in [-0.1, -0.05) is 66.0 Å². The Kier molecular flexibility index (Phi) is 5.21. The Hall–Kier alpha value is -2.01. The van der Waals surface area contributed by atoms with Gasteiger partial charge in [-0.15, -0.1) is 11.3 Å². The molecule has 2 heterocycles. The van der Waals surface area contributed by atoms with Crippen LogP contribution in [0.1, 0.15) is 0 Å². The first-order chi connectivity index (χ1) is 12.4. The van der Waals surface area contributed by atoms with Gasteiger partial charge in [-0.05, 0) is 35.7 Å². The summed E-state index contributed by atoms with van der Waals surface area (Å²) >= 11 is 5.24. The van der Waals surface area contributed by atoms with E-state index >= 15 is 0 Å². The molecule has 0 aliphatic heterocycles. The Morgan fingerprint density at radius 1 is 0.760 bits per heavy atom. The van der Waals surface area contributed by atoms with Crippen LogP contribution in [-0.4, -0.2) is 4.98 Å². The topological polar surface area (TPSA) is 12.9 Å². The zero-order valence-corrected chi connectivity index (χ0v) is 15.7. The van der Waals surface area contributed by atoms with Gasteiger partial charge in [0.25, 0.3) is 0 Å². The summed E-state index contributed by atoms with van der Waals surface area (Å²) in [4.78, 5) is 10.4. The van der Waals surface area contributed by atoms with Crippen molar-refractivity contribution in [3.8, 4) is 10.4 Å². The maximum absolute atomic E-state index is 4.39. The van der Waals surface area contributed by atoms with Gasteiger partial charge in [0.05, 0.1) is 6.20 Å². The van der Waals surface area contributed by atoms with Crippen LogP contribution in [0.2, 0.25) is 0 Å². The van der Waals surface area contributed by atoms with Gasteiger partial charge in [-0.25, -0.2) is 0 Å². The van der Waals surface area contributed by atoms with Crippen LogP contribution >= 0.6 is 34.9 Å². The summed E-state index contributed by atoms with van der Waals surface area (Å²) in [7, 11) is 0. The monoisotopic (exact) mass is 376 g/mol. The average Bonchev–Trinajstić information content (AvgIpc) is 3.19. The van der Waals surface area contributed by atoms with Crippen molar-refractivity contribution in [1.82, 2.24) is 4.98 Å². The zero-order valence-electron chi connectivity index (χ0n) is 13.3. The van der Waals surface area contributed by atoms with Crippen molar-refractivity contribution in [2.45, 2.75) is 19.6 Å². The molecule has 0 saturated carbocycles. The van der Waals surface area contributed by atoms with Gasteiger partial charge in [-0.3, -0.25) is 4.98 Å². The minimum atomic E-state index is 1.07. The van der Waals surface area contributed by atoms with Crippen LogP contribution in [-0.2, 0) is 0 Å². The molecule has 0 N–H and O–H groups in total. The second kappa shape index (κ2) is 7.91. The molecule has 4 heteroatoms. The smallest absolute Gasteiger partial charge is 0.0992 e. The molecule has 1 radical (unpaired) electrons. The minimum absolute atomic E-state index is 1.07. The van der Waals surface area contributed by atoms with Crippen LogP contribution in [0, 0.1) is 6.20 Å². The molecule has 25 heavy (non-hydrogen) atoms. The maximum atomic E-state index is 4.39. The van der Waals surface area contributed by atoms with Gasteiger partial charge in [0.15, 0.2) is 0 Å². The van der Waals surface area contributed by atoms with Crippen LogP contribution in [0.3, 0.4) is 0 Å². The molecule has 0 amide bonds. The van der Waals surface area contributed by atoms with E-state index in [-0.39, 0.29) is 0 Å². The number of thiophene rings is 1. The summed E-state index contributed by atoms with van der Waals surface area (Å²) < 4.78 is 0. The summed E-state index contributed by atoms with van der Waals surface area (Å²) in [6.07, 6.45) is 5.13. The predicted octanol–water partition coefficient (Wildman–Crippen LogP) is 6.91. The van der Waals surface area contributed by atoms with E-state index in [1.165, 1.54) is 19.6 Å². The predicted molar refractivity (Wildman–Crippen MR) is 108 cm³/mol. The lowest BCUT2D eigenvalue weighted by Crippen LogP contribution is -1.88. The molecule has 0 spiro atoms. The van der Waals surface area contributed by atoms with Crippen molar-refractivity contribution >= 4 is 34.9 Å². The second-order valence-corrected chi connectivity index (χ2v) is 8.39. The SMILES string of the molecule is [c]1ncc(Sc2ccccc2)c(Sc2ccccc2)c1-c1cccs1. The van der Waals surface area contributed by atoms with Crippen molar-refractivity contribution < 1.29 is 0 Å². The molecule has 0 fully saturated rings. The Morgan fingerprint density at radius 3 is 2.08 bits per heavy atom. The number of hydrogen-bond donors (Lipinski definition) is 0. The van der Waals surface area contributed by atoms with Gasteiger partial charge in [0.2, 0.25) is 0 Å². The fourth-order valence-electron chi connectivity index (χ4n) is 2.37. The van der Waals surface area contributed by atoms with Crippen LogP contribution in [0.4, 0.5) is 0 Å². The normalized spacial score (nSPS) is 10.7. The number of aromatic nitrogens is 1. The Balaban J connectivity index is 1.78. The van der Waals surface area contributed by atoms with E-state index in [4.69, 9.17) is 0 Å². The first kappa shape index (κ1) is 16.5. The van der Waals surface area contributed by atoms with Crippen LogP contribution in [0.5, 0.6) is 0 Å². The molecular weight excluding hydrogens is 362 g/mol. The molecule has 2 aromatic heterocycles. The molecular formula is C21H14NS3. The summed E-state index contributed by atoms with van der Waals surface area (Å²) in [5.74, 6) is 0. The maximum Gasteiger partial charge on any atom is 0.0992 e. The van der Waals surface area contributed by atoms with Gasteiger partial charge < -0.3 is 0 Å². The quantitative estimate of drug-likeness (QED) is 0.375. The third kappa shape index (κ3) is 3.98. The fourth-order valence-corrected chi connectivity index (χ4v) is 5.20. The highest BCUT2D eigenvalue weighted by Crippen LogP contribution is 2.44. The largest absolute Gasteiger partial charge is 0.253 e. The van der Waals surface area contributed by atoms with E-state index in [2.05, 4.69) is 77.2 Å². The number of nitrogens with zero attached hydrogens (tertiary/aromatic N) is 1. The van der Waals surface area contributed by atoms with Crippen molar-refractivity contribution in [3.63, 3.8) is 0 Å². The van der Waals surface area contributed by atoms with Gasteiger partial charge in [0, 0.05) is 36.2 Å². The highest BCUT2D eigenvalue weighted by molar-refractivity contribution is 8.02. The summed E-state index contributed by atoms with van der Waals surface area (Å²) in [6, 6.07) is 25.1. The molecule has 0 bridgehead atoms. The number of rotatable bonds is 5. The highest BCUT2D eigenvalue weighted by atomic mass is 32.2. The fraction of sp³-hybridized carbons (Fsp3) is 0.